The molecule has 9 heteroatoms. The fourth-order valence-electron chi connectivity index (χ4n) is 3.12. The van der Waals surface area contributed by atoms with Crippen LogP contribution in [0, 0.1) is 17.2 Å². The second-order valence-electron chi connectivity index (χ2n) is 6.97. The van der Waals surface area contributed by atoms with Crippen molar-refractivity contribution in [1.82, 2.24) is 9.21 Å². The number of sulfonamides is 1. The number of rotatable bonds is 9. The minimum atomic E-state index is -3.58. The number of nitrogens with zero attached hydrogens (tertiary/aromatic N) is 3. The molecule has 1 unspecified atom stereocenters. The van der Waals surface area contributed by atoms with Crippen LogP contribution in [-0.4, -0.2) is 56.3 Å². The Bertz CT molecular complexity index is 832. The molecule has 1 aromatic rings. The molecule has 1 atom stereocenters. The number of hydrogen-bond donors (Lipinski definition) is 1. The van der Waals surface area contributed by atoms with Crippen LogP contribution < -0.4 is 5.32 Å². The standard InChI is InChI=1S/C19H27ClN4O3S/c1-3-23(14-15(2)13-21)11-8-19(25)22-18-12-16(6-7-17(18)20)28(26,27)24-9-4-5-10-24/h6-7,12,15H,3-5,8-11,14H2,1-2H3,(H,22,25). The Kier molecular flexibility index (Phi) is 8.25. The summed E-state index contributed by atoms with van der Waals surface area (Å²) in [5.74, 6) is -0.356. The van der Waals surface area contributed by atoms with Gasteiger partial charge in [0.2, 0.25) is 15.9 Å². The second-order valence-corrected chi connectivity index (χ2v) is 9.32. The van der Waals surface area contributed by atoms with Gasteiger partial charge in [0.05, 0.1) is 27.6 Å². The van der Waals surface area contributed by atoms with Crippen LogP contribution in [0.3, 0.4) is 0 Å². The van der Waals surface area contributed by atoms with E-state index >= 15 is 0 Å². The first-order valence-electron chi connectivity index (χ1n) is 9.49. The zero-order valence-corrected chi connectivity index (χ0v) is 17.9. The van der Waals surface area contributed by atoms with E-state index in [0.717, 1.165) is 19.4 Å². The summed E-state index contributed by atoms with van der Waals surface area (Å²) in [4.78, 5) is 14.5. The second kappa shape index (κ2) is 10.2. The van der Waals surface area contributed by atoms with Gasteiger partial charge in [0.15, 0.2) is 0 Å². The summed E-state index contributed by atoms with van der Waals surface area (Å²) in [5.41, 5.74) is 0.292. The number of amides is 1. The highest BCUT2D eigenvalue weighted by Crippen LogP contribution is 2.28. The number of anilines is 1. The molecule has 1 fully saturated rings. The molecular weight excluding hydrogens is 400 g/mol. The van der Waals surface area contributed by atoms with E-state index in [1.807, 2.05) is 18.7 Å². The number of carbonyl (C=O) groups is 1. The quantitative estimate of drug-likeness (QED) is 0.655. The van der Waals surface area contributed by atoms with Gasteiger partial charge in [-0.15, -0.1) is 0 Å². The van der Waals surface area contributed by atoms with Crippen LogP contribution in [0.25, 0.3) is 0 Å². The summed E-state index contributed by atoms with van der Waals surface area (Å²) >= 11 is 6.16. The summed E-state index contributed by atoms with van der Waals surface area (Å²) in [6.45, 7) is 6.70. The van der Waals surface area contributed by atoms with E-state index in [0.29, 0.717) is 36.9 Å². The van der Waals surface area contributed by atoms with Crippen LogP contribution in [0.1, 0.15) is 33.1 Å². The first kappa shape index (κ1) is 22.6. The number of halogens is 1. The van der Waals surface area contributed by atoms with Crippen LogP contribution in [0.15, 0.2) is 23.1 Å². The van der Waals surface area contributed by atoms with Crippen LogP contribution in [0.2, 0.25) is 5.02 Å². The highest BCUT2D eigenvalue weighted by Gasteiger charge is 2.27. The lowest BCUT2D eigenvalue weighted by Gasteiger charge is -2.21. The van der Waals surface area contributed by atoms with Crippen molar-refractivity contribution in [2.45, 2.75) is 38.0 Å². The Balaban J connectivity index is 2.03. The topological polar surface area (TPSA) is 93.5 Å². The van der Waals surface area contributed by atoms with E-state index in [1.54, 1.807) is 0 Å². The number of benzene rings is 1. The van der Waals surface area contributed by atoms with Gasteiger partial charge in [0.1, 0.15) is 0 Å². The first-order chi connectivity index (χ1) is 13.3. The monoisotopic (exact) mass is 426 g/mol. The Labute approximate surface area is 172 Å². The Morgan fingerprint density at radius 2 is 2.07 bits per heavy atom. The lowest BCUT2D eigenvalue weighted by molar-refractivity contribution is -0.116. The minimum Gasteiger partial charge on any atom is -0.325 e. The fourth-order valence-corrected chi connectivity index (χ4v) is 4.83. The molecule has 0 aliphatic carbocycles. The van der Waals surface area contributed by atoms with E-state index in [2.05, 4.69) is 11.4 Å². The van der Waals surface area contributed by atoms with Crippen LogP contribution >= 0.6 is 11.6 Å². The maximum absolute atomic E-state index is 12.7. The van der Waals surface area contributed by atoms with Crippen LogP contribution in [0.5, 0.6) is 0 Å². The molecule has 0 aromatic heterocycles. The number of hydrogen-bond acceptors (Lipinski definition) is 5. The number of nitriles is 1. The normalized spacial score (nSPS) is 16.1. The van der Waals surface area contributed by atoms with Crippen molar-refractivity contribution in [3.8, 4) is 6.07 Å². The molecule has 1 heterocycles. The van der Waals surface area contributed by atoms with Crippen molar-refractivity contribution >= 4 is 33.2 Å². The third-order valence-corrected chi connectivity index (χ3v) is 6.99. The highest BCUT2D eigenvalue weighted by molar-refractivity contribution is 7.89. The Hall–Kier alpha value is -1.66. The molecule has 0 bridgehead atoms. The molecule has 2 rings (SSSR count). The van der Waals surface area contributed by atoms with Crippen molar-refractivity contribution in [1.29, 1.82) is 5.26 Å². The third-order valence-electron chi connectivity index (χ3n) is 4.77. The molecule has 1 N–H and O–H groups in total. The molecule has 1 saturated heterocycles. The molecule has 1 aliphatic rings. The van der Waals surface area contributed by atoms with Gasteiger partial charge in [-0.25, -0.2) is 8.42 Å². The molecule has 1 aromatic carbocycles. The smallest absolute Gasteiger partial charge is 0.243 e. The summed E-state index contributed by atoms with van der Waals surface area (Å²) in [6, 6.07) is 6.57. The maximum atomic E-state index is 12.7. The lowest BCUT2D eigenvalue weighted by atomic mass is 10.2. The van der Waals surface area contributed by atoms with Crippen molar-refractivity contribution in [2.24, 2.45) is 5.92 Å². The van der Waals surface area contributed by atoms with Crippen LogP contribution in [0.4, 0.5) is 5.69 Å². The van der Waals surface area contributed by atoms with E-state index in [1.165, 1.54) is 22.5 Å². The molecule has 7 nitrogen and oxygen atoms in total. The van der Waals surface area contributed by atoms with E-state index in [9.17, 15) is 13.2 Å². The van der Waals surface area contributed by atoms with Crippen molar-refractivity contribution in [2.75, 3.05) is 38.0 Å². The van der Waals surface area contributed by atoms with E-state index in [-0.39, 0.29) is 23.1 Å². The van der Waals surface area contributed by atoms with Gasteiger partial charge in [0.25, 0.3) is 0 Å². The summed E-state index contributed by atoms with van der Waals surface area (Å²) in [6.07, 6.45) is 1.94. The van der Waals surface area contributed by atoms with Crippen molar-refractivity contribution < 1.29 is 13.2 Å². The number of nitrogens with one attached hydrogen (secondary N) is 1. The molecule has 0 saturated carbocycles. The molecule has 0 radical (unpaired) electrons. The largest absolute Gasteiger partial charge is 0.325 e. The average molecular weight is 427 g/mol. The third kappa shape index (κ3) is 5.92. The van der Waals surface area contributed by atoms with Crippen molar-refractivity contribution in [3.63, 3.8) is 0 Å². The molecule has 28 heavy (non-hydrogen) atoms. The maximum Gasteiger partial charge on any atom is 0.243 e. The SMILES string of the molecule is CCN(CCC(=O)Nc1cc(S(=O)(=O)N2CCCC2)ccc1Cl)CC(C)C#N. The van der Waals surface area contributed by atoms with Crippen molar-refractivity contribution in [3.05, 3.63) is 23.2 Å². The summed E-state index contributed by atoms with van der Waals surface area (Å²) in [7, 11) is -3.58. The molecule has 1 amide bonds. The number of carbonyl (C=O) groups excluding carboxylic acids is 1. The van der Waals surface area contributed by atoms with Gasteiger partial charge in [-0.1, -0.05) is 18.5 Å². The van der Waals surface area contributed by atoms with E-state index < -0.39 is 10.0 Å². The van der Waals surface area contributed by atoms with E-state index in [4.69, 9.17) is 16.9 Å². The van der Waals surface area contributed by atoms with Gasteiger partial charge >= 0.3 is 0 Å². The first-order valence-corrected chi connectivity index (χ1v) is 11.3. The zero-order valence-electron chi connectivity index (χ0n) is 16.3. The van der Waals surface area contributed by atoms with Gasteiger partial charge in [-0.2, -0.15) is 9.57 Å². The zero-order chi connectivity index (χ0) is 20.7. The van der Waals surface area contributed by atoms with Gasteiger partial charge in [0, 0.05) is 32.6 Å². The molecular formula is C19H27ClN4O3S. The van der Waals surface area contributed by atoms with Crippen LogP contribution in [-0.2, 0) is 14.8 Å². The highest BCUT2D eigenvalue weighted by atomic mass is 35.5. The predicted molar refractivity (Wildman–Crippen MR) is 110 cm³/mol. The molecule has 1 aliphatic heterocycles. The Morgan fingerprint density at radius 1 is 1.39 bits per heavy atom. The summed E-state index contributed by atoms with van der Waals surface area (Å²) < 4.78 is 26.9. The molecule has 0 spiro atoms. The predicted octanol–water partition coefficient (Wildman–Crippen LogP) is 2.93. The minimum absolute atomic E-state index is 0.107. The van der Waals surface area contributed by atoms with Gasteiger partial charge < -0.3 is 10.2 Å². The fraction of sp³-hybridized carbons (Fsp3) is 0.579. The van der Waals surface area contributed by atoms with Gasteiger partial charge in [-0.05, 0) is 44.5 Å². The Morgan fingerprint density at radius 3 is 2.68 bits per heavy atom. The van der Waals surface area contributed by atoms with Gasteiger partial charge in [-0.3, -0.25) is 4.79 Å². The lowest BCUT2D eigenvalue weighted by Crippen LogP contribution is -2.31. The summed E-state index contributed by atoms with van der Waals surface area (Å²) in [5, 5.41) is 11.9. The molecule has 154 valence electrons. The average Bonchev–Trinajstić information content (AvgIpc) is 3.22.